The van der Waals surface area contributed by atoms with Gasteiger partial charge in [-0.3, -0.25) is 0 Å². The lowest BCUT2D eigenvalue weighted by molar-refractivity contribution is 0.0893. The van der Waals surface area contributed by atoms with Crippen LogP contribution in [0.5, 0.6) is 0 Å². The van der Waals surface area contributed by atoms with Crippen LogP contribution in [0.3, 0.4) is 0 Å². The molecule has 0 saturated heterocycles. The van der Waals surface area contributed by atoms with Crippen molar-refractivity contribution >= 4 is 0 Å². The maximum Gasteiger partial charge on any atom is 0.0862 e. The number of hydrogen-bond donors (Lipinski definition) is 0. The summed E-state index contributed by atoms with van der Waals surface area (Å²) < 4.78 is 5.57. The number of benzene rings is 1. The van der Waals surface area contributed by atoms with E-state index in [1.807, 2.05) is 6.92 Å². The summed E-state index contributed by atoms with van der Waals surface area (Å²) >= 11 is 0. The first-order valence-electron chi connectivity index (χ1n) is 4.44. The summed E-state index contributed by atoms with van der Waals surface area (Å²) in [4.78, 5) is 0. The summed E-state index contributed by atoms with van der Waals surface area (Å²) in [5, 5.41) is 0. The molecular formula is C11H13O. The van der Waals surface area contributed by atoms with Gasteiger partial charge < -0.3 is 4.74 Å². The van der Waals surface area contributed by atoms with Gasteiger partial charge >= 0.3 is 0 Å². The highest BCUT2D eigenvalue weighted by Crippen LogP contribution is 2.32. The third kappa shape index (κ3) is 1.25. The van der Waals surface area contributed by atoms with Crippen LogP contribution in [-0.2, 0) is 11.2 Å². The summed E-state index contributed by atoms with van der Waals surface area (Å²) in [6.45, 7) is 2.82. The molecule has 1 radical (unpaired) electrons. The Bertz CT molecular complexity index is 265. The van der Waals surface area contributed by atoms with Crippen LogP contribution < -0.4 is 0 Å². The monoisotopic (exact) mass is 161 g/mol. The molecule has 0 amide bonds. The molecule has 0 aromatic heterocycles. The van der Waals surface area contributed by atoms with E-state index in [1.54, 1.807) is 0 Å². The zero-order chi connectivity index (χ0) is 8.39. The second kappa shape index (κ2) is 3.28. The van der Waals surface area contributed by atoms with Crippen LogP contribution in [0.25, 0.3) is 0 Å². The zero-order valence-electron chi connectivity index (χ0n) is 7.29. The van der Waals surface area contributed by atoms with Gasteiger partial charge in [0.2, 0.25) is 0 Å². The second-order valence-corrected chi connectivity index (χ2v) is 3.01. The van der Waals surface area contributed by atoms with Crippen molar-refractivity contribution in [3.8, 4) is 0 Å². The van der Waals surface area contributed by atoms with E-state index in [4.69, 9.17) is 4.74 Å². The normalized spacial score (nSPS) is 20.9. The molecule has 1 atom stereocenters. The van der Waals surface area contributed by atoms with Gasteiger partial charge in [0.25, 0.3) is 0 Å². The fraction of sp³-hybridized carbons (Fsp3) is 0.364. The first-order chi connectivity index (χ1) is 5.92. The molecule has 1 heteroatoms. The maximum absolute atomic E-state index is 5.57. The van der Waals surface area contributed by atoms with Crippen molar-refractivity contribution in [3.05, 3.63) is 41.8 Å². The number of rotatable bonds is 2. The van der Waals surface area contributed by atoms with Crippen LogP contribution in [-0.4, -0.2) is 6.61 Å². The van der Waals surface area contributed by atoms with Gasteiger partial charge in [-0.2, -0.15) is 0 Å². The highest BCUT2D eigenvalue weighted by molar-refractivity contribution is 5.37. The molecule has 0 fully saturated rings. The second-order valence-electron chi connectivity index (χ2n) is 3.01. The molecule has 0 heterocycles. The summed E-state index contributed by atoms with van der Waals surface area (Å²) in [5.74, 6) is 0. The van der Waals surface area contributed by atoms with Gasteiger partial charge in [-0.1, -0.05) is 24.3 Å². The van der Waals surface area contributed by atoms with Crippen molar-refractivity contribution in [2.45, 2.75) is 19.4 Å². The predicted octanol–water partition coefficient (Wildman–Crippen LogP) is 2.52. The molecule has 0 N–H and O–H groups in total. The van der Waals surface area contributed by atoms with Crippen LogP contribution in [0.1, 0.15) is 24.2 Å². The number of ether oxygens (including phenoxy) is 1. The lowest BCUT2D eigenvalue weighted by Gasteiger charge is -2.10. The number of fused-ring (bicyclic) bond motifs is 1. The Morgan fingerprint density at radius 3 is 3.08 bits per heavy atom. The first kappa shape index (κ1) is 7.81. The standard InChI is InChI=1S/C11H13O/c1-2-12-11-8-7-9-5-3-4-6-10(9)11/h3-6,8,11H,2,7H2,1H3. The van der Waals surface area contributed by atoms with E-state index in [2.05, 4.69) is 30.7 Å². The molecule has 1 unspecified atom stereocenters. The van der Waals surface area contributed by atoms with E-state index < -0.39 is 0 Å². The lowest BCUT2D eigenvalue weighted by atomic mass is 10.1. The van der Waals surface area contributed by atoms with E-state index >= 15 is 0 Å². The molecule has 2 rings (SSSR count). The minimum atomic E-state index is 0.242. The molecule has 0 saturated carbocycles. The Hall–Kier alpha value is -0.820. The SMILES string of the molecule is CCOC1[CH]Cc2ccccc21. The van der Waals surface area contributed by atoms with Crippen molar-refractivity contribution < 1.29 is 4.74 Å². The van der Waals surface area contributed by atoms with Gasteiger partial charge in [-0.05, 0) is 30.9 Å². The average molecular weight is 161 g/mol. The summed E-state index contributed by atoms with van der Waals surface area (Å²) in [5.41, 5.74) is 2.76. The molecule has 0 spiro atoms. The molecular weight excluding hydrogens is 148 g/mol. The fourth-order valence-electron chi connectivity index (χ4n) is 1.70. The van der Waals surface area contributed by atoms with E-state index in [9.17, 15) is 0 Å². The molecule has 1 aliphatic carbocycles. The van der Waals surface area contributed by atoms with Crippen LogP contribution in [0.15, 0.2) is 24.3 Å². The van der Waals surface area contributed by atoms with Gasteiger partial charge in [0.15, 0.2) is 0 Å². The molecule has 1 aliphatic rings. The largest absolute Gasteiger partial charge is 0.373 e. The maximum atomic E-state index is 5.57. The molecule has 63 valence electrons. The number of hydrogen-bond acceptors (Lipinski definition) is 1. The van der Waals surface area contributed by atoms with Crippen molar-refractivity contribution in [2.75, 3.05) is 6.61 Å². The molecule has 0 aliphatic heterocycles. The predicted molar refractivity (Wildman–Crippen MR) is 48.8 cm³/mol. The molecule has 1 aromatic carbocycles. The summed E-state index contributed by atoms with van der Waals surface area (Å²) in [7, 11) is 0. The Kier molecular flexibility index (Phi) is 2.13. The minimum absolute atomic E-state index is 0.242. The van der Waals surface area contributed by atoms with E-state index in [0.29, 0.717) is 0 Å². The van der Waals surface area contributed by atoms with Gasteiger partial charge in [0.1, 0.15) is 0 Å². The highest BCUT2D eigenvalue weighted by Gasteiger charge is 2.21. The minimum Gasteiger partial charge on any atom is -0.373 e. The van der Waals surface area contributed by atoms with Gasteiger partial charge in [0, 0.05) is 6.61 Å². The summed E-state index contributed by atoms with van der Waals surface area (Å²) in [6.07, 6.45) is 3.53. The van der Waals surface area contributed by atoms with E-state index in [-0.39, 0.29) is 6.10 Å². The topological polar surface area (TPSA) is 9.23 Å². The lowest BCUT2D eigenvalue weighted by Crippen LogP contribution is -1.99. The fourth-order valence-corrected chi connectivity index (χ4v) is 1.70. The smallest absolute Gasteiger partial charge is 0.0862 e. The van der Waals surface area contributed by atoms with Crippen LogP contribution >= 0.6 is 0 Å². The van der Waals surface area contributed by atoms with Crippen molar-refractivity contribution in [2.24, 2.45) is 0 Å². The van der Waals surface area contributed by atoms with Gasteiger partial charge in [-0.25, -0.2) is 0 Å². The van der Waals surface area contributed by atoms with Crippen molar-refractivity contribution in [1.29, 1.82) is 0 Å². The van der Waals surface area contributed by atoms with Crippen LogP contribution in [0, 0.1) is 6.42 Å². The van der Waals surface area contributed by atoms with Gasteiger partial charge in [-0.15, -0.1) is 0 Å². The average Bonchev–Trinajstić information content (AvgIpc) is 2.50. The quantitative estimate of drug-likeness (QED) is 0.647. The Morgan fingerprint density at radius 1 is 1.42 bits per heavy atom. The summed E-state index contributed by atoms with van der Waals surface area (Å²) in [6, 6.07) is 8.48. The molecule has 0 bridgehead atoms. The van der Waals surface area contributed by atoms with Crippen molar-refractivity contribution in [1.82, 2.24) is 0 Å². The Morgan fingerprint density at radius 2 is 2.25 bits per heavy atom. The molecule has 12 heavy (non-hydrogen) atoms. The Balaban J connectivity index is 2.24. The van der Waals surface area contributed by atoms with Crippen LogP contribution in [0.2, 0.25) is 0 Å². The third-order valence-electron chi connectivity index (χ3n) is 2.26. The van der Waals surface area contributed by atoms with E-state index in [1.165, 1.54) is 11.1 Å². The molecule has 1 aromatic rings. The zero-order valence-corrected chi connectivity index (χ0v) is 7.29. The first-order valence-corrected chi connectivity index (χ1v) is 4.44. The van der Waals surface area contributed by atoms with E-state index in [0.717, 1.165) is 13.0 Å². The highest BCUT2D eigenvalue weighted by atomic mass is 16.5. The van der Waals surface area contributed by atoms with Gasteiger partial charge in [0.05, 0.1) is 6.10 Å². The molecule has 1 nitrogen and oxygen atoms in total. The van der Waals surface area contributed by atoms with Crippen LogP contribution in [0.4, 0.5) is 0 Å². The van der Waals surface area contributed by atoms with Crippen molar-refractivity contribution in [3.63, 3.8) is 0 Å². The Labute approximate surface area is 73.4 Å². The third-order valence-corrected chi connectivity index (χ3v) is 2.26.